The van der Waals surface area contributed by atoms with Crippen molar-refractivity contribution >= 4 is 5.97 Å². The summed E-state index contributed by atoms with van der Waals surface area (Å²) >= 11 is 0. The highest BCUT2D eigenvalue weighted by Gasteiger charge is 2.37. The van der Waals surface area contributed by atoms with Gasteiger partial charge in [0.15, 0.2) is 6.79 Å². The fourth-order valence-corrected chi connectivity index (χ4v) is 3.06. The molecule has 1 aliphatic rings. The van der Waals surface area contributed by atoms with E-state index in [1.807, 2.05) is 0 Å². The monoisotopic (exact) mass is 258 g/mol. The summed E-state index contributed by atoms with van der Waals surface area (Å²) in [5.41, 5.74) is 0. The predicted octanol–water partition coefficient (Wildman–Crippen LogP) is 2.35. The molecule has 4 atom stereocenters. The topological polar surface area (TPSA) is 55.8 Å². The summed E-state index contributed by atoms with van der Waals surface area (Å²) in [7, 11) is 1.47. The minimum Gasteiger partial charge on any atom is -0.438 e. The van der Waals surface area contributed by atoms with Gasteiger partial charge in [-0.05, 0) is 30.6 Å². The van der Waals surface area contributed by atoms with Crippen LogP contribution in [-0.2, 0) is 14.3 Å². The molecule has 0 amide bonds. The van der Waals surface area contributed by atoms with Crippen LogP contribution in [-0.4, -0.2) is 31.1 Å². The van der Waals surface area contributed by atoms with Gasteiger partial charge in [0.05, 0.1) is 12.5 Å². The molecule has 1 rings (SSSR count). The van der Waals surface area contributed by atoms with Crippen molar-refractivity contribution in [2.24, 2.45) is 17.8 Å². The van der Waals surface area contributed by atoms with E-state index in [9.17, 15) is 9.90 Å². The van der Waals surface area contributed by atoms with Crippen molar-refractivity contribution in [1.29, 1.82) is 0 Å². The van der Waals surface area contributed by atoms with Crippen LogP contribution in [0, 0.1) is 17.8 Å². The Morgan fingerprint density at radius 1 is 1.33 bits per heavy atom. The van der Waals surface area contributed by atoms with E-state index in [0.29, 0.717) is 11.8 Å². The lowest BCUT2D eigenvalue weighted by Crippen LogP contribution is -2.27. The van der Waals surface area contributed by atoms with Gasteiger partial charge in [0.2, 0.25) is 0 Å². The van der Waals surface area contributed by atoms with E-state index in [0.717, 1.165) is 19.3 Å². The number of rotatable bonds is 7. The standard InChI is InChI=1S/C14H26O4/c1-4-10-6-11(5-2)12(7-10)13(15)8-14(16)18-9-17-3/h10-13,15H,4-9H2,1-3H3. The lowest BCUT2D eigenvalue weighted by molar-refractivity contribution is -0.157. The largest absolute Gasteiger partial charge is 0.438 e. The Morgan fingerprint density at radius 2 is 2.06 bits per heavy atom. The summed E-state index contributed by atoms with van der Waals surface area (Å²) in [6.07, 6.45) is 3.96. The van der Waals surface area contributed by atoms with Crippen LogP contribution >= 0.6 is 0 Å². The average Bonchev–Trinajstić information content (AvgIpc) is 2.79. The number of carbonyl (C=O) groups is 1. The van der Waals surface area contributed by atoms with Crippen LogP contribution in [0.4, 0.5) is 0 Å². The van der Waals surface area contributed by atoms with Crippen molar-refractivity contribution < 1.29 is 19.4 Å². The van der Waals surface area contributed by atoms with Crippen LogP contribution < -0.4 is 0 Å². The quantitative estimate of drug-likeness (QED) is 0.562. The third-order valence-corrected chi connectivity index (χ3v) is 4.16. The molecule has 106 valence electrons. The maximum absolute atomic E-state index is 11.5. The molecule has 0 aromatic carbocycles. The fourth-order valence-electron chi connectivity index (χ4n) is 3.06. The van der Waals surface area contributed by atoms with E-state index in [1.165, 1.54) is 13.5 Å². The molecule has 1 fully saturated rings. The Bertz CT molecular complexity index is 254. The van der Waals surface area contributed by atoms with E-state index in [2.05, 4.69) is 18.6 Å². The Labute approximate surface area is 110 Å². The van der Waals surface area contributed by atoms with Gasteiger partial charge in [-0.2, -0.15) is 0 Å². The summed E-state index contributed by atoms with van der Waals surface area (Å²) in [5.74, 6) is 1.11. The number of ether oxygens (including phenoxy) is 2. The highest BCUT2D eigenvalue weighted by molar-refractivity contribution is 5.69. The molecule has 18 heavy (non-hydrogen) atoms. The molecule has 1 aliphatic carbocycles. The zero-order valence-electron chi connectivity index (χ0n) is 11.7. The first-order chi connectivity index (χ1) is 8.62. The van der Waals surface area contributed by atoms with Crippen molar-refractivity contribution in [3.63, 3.8) is 0 Å². The third-order valence-electron chi connectivity index (χ3n) is 4.16. The maximum Gasteiger partial charge on any atom is 0.310 e. The van der Waals surface area contributed by atoms with E-state index in [-0.39, 0.29) is 25.1 Å². The molecule has 1 N–H and O–H groups in total. The van der Waals surface area contributed by atoms with Crippen molar-refractivity contribution in [2.45, 2.75) is 52.1 Å². The average molecular weight is 258 g/mol. The van der Waals surface area contributed by atoms with Gasteiger partial charge in [-0.25, -0.2) is 0 Å². The van der Waals surface area contributed by atoms with Crippen molar-refractivity contribution in [3.8, 4) is 0 Å². The maximum atomic E-state index is 11.5. The number of carbonyl (C=O) groups excluding carboxylic acids is 1. The Hall–Kier alpha value is -0.610. The van der Waals surface area contributed by atoms with Gasteiger partial charge in [0.1, 0.15) is 0 Å². The van der Waals surface area contributed by atoms with Gasteiger partial charge in [-0.15, -0.1) is 0 Å². The summed E-state index contributed by atoms with van der Waals surface area (Å²) in [4.78, 5) is 11.5. The second kappa shape index (κ2) is 7.74. The second-order valence-corrected chi connectivity index (χ2v) is 5.27. The molecule has 0 spiro atoms. The van der Waals surface area contributed by atoms with Gasteiger partial charge in [0, 0.05) is 7.11 Å². The summed E-state index contributed by atoms with van der Waals surface area (Å²) in [5, 5.41) is 10.2. The first-order valence-corrected chi connectivity index (χ1v) is 6.94. The molecule has 1 saturated carbocycles. The highest BCUT2D eigenvalue weighted by Crippen LogP contribution is 2.42. The van der Waals surface area contributed by atoms with Gasteiger partial charge in [0.25, 0.3) is 0 Å². The van der Waals surface area contributed by atoms with Crippen LogP contribution in [0.2, 0.25) is 0 Å². The highest BCUT2D eigenvalue weighted by atomic mass is 16.7. The molecular weight excluding hydrogens is 232 g/mol. The molecule has 0 saturated heterocycles. The molecule has 0 aromatic rings. The number of aliphatic hydroxyl groups is 1. The number of methoxy groups -OCH3 is 1. The number of esters is 1. The lowest BCUT2D eigenvalue weighted by atomic mass is 9.87. The summed E-state index contributed by atoms with van der Waals surface area (Å²) in [6, 6.07) is 0. The lowest BCUT2D eigenvalue weighted by Gasteiger charge is -2.23. The number of aliphatic hydroxyl groups excluding tert-OH is 1. The van der Waals surface area contributed by atoms with E-state index < -0.39 is 6.10 Å². The smallest absolute Gasteiger partial charge is 0.310 e. The van der Waals surface area contributed by atoms with Crippen LogP contribution in [0.3, 0.4) is 0 Å². The van der Waals surface area contributed by atoms with Gasteiger partial charge in [-0.3, -0.25) is 4.79 Å². The van der Waals surface area contributed by atoms with E-state index >= 15 is 0 Å². The molecular formula is C14H26O4. The zero-order valence-corrected chi connectivity index (χ0v) is 11.7. The minimum atomic E-state index is -0.573. The van der Waals surface area contributed by atoms with E-state index in [1.54, 1.807) is 0 Å². The van der Waals surface area contributed by atoms with Crippen LogP contribution in [0.1, 0.15) is 46.0 Å². The predicted molar refractivity (Wildman–Crippen MR) is 68.9 cm³/mol. The second-order valence-electron chi connectivity index (χ2n) is 5.27. The SMILES string of the molecule is CCC1CC(CC)C(C(O)CC(=O)OCOC)C1. The van der Waals surface area contributed by atoms with Crippen molar-refractivity contribution in [2.75, 3.05) is 13.9 Å². The van der Waals surface area contributed by atoms with Gasteiger partial charge >= 0.3 is 5.97 Å². The first kappa shape index (κ1) is 15.4. The first-order valence-electron chi connectivity index (χ1n) is 6.94. The van der Waals surface area contributed by atoms with E-state index in [4.69, 9.17) is 4.74 Å². The summed E-state index contributed by atoms with van der Waals surface area (Å²) < 4.78 is 9.49. The zero-order chi connectivity index (χ0) is 13.5. The molecule has 0 aromatic heterocycles. The van der Waals surface area contributed by atoms with Gasteiger partial charge in [-0.1, -0.05) is 26.7 Å². The van der Waals surface area contributed by atoms with Crippen molar-refractivity contribution in [1.82, 2.24) is 0 Å². The molecule has 0 heterocycles. The van der Waals surface area contributed by atoms with Crippen LogP contribution in [0.5, 0.6) is 0 Å². The van der Waals surface area contributed by atoms with Crippen LogP contribution in [0.25, 0.3) is 0 Å². The van der Waals surface area contributed by atoms with Gasteiger partial charge < -0.3 is 14.6 Å². The fraction of sp³-hybridized carbons (Fsp3) is 0.929. The summed E-state index contributed by atoms with van der Waals surface area (Å²) in [6.45, 7) is 4.32. The molecule has 0 radical (unpaired) electrons. The minimum absolute atomic E-state index is 0.0367. The number of hydrogen-bond donors (Lipinski definition) is 1. The Kier molecular flexibility index (Phi) is 6.65. The van der Waals surface area contributed by atoms with Crippen molar-refractivity contribution in [3.05, 3.63) is 0 Å². The molecule has 0 aliphatic heterocycles. The van der Waals surface area contributed by atoms with Crippen LogP contribution in [0.15, 0.2) is 0 Å². The Balaban J connectivity index is 2.44. The molecule has 4 heteroatoms. The molecule has 0 bridgehead atoms. The number of hydrogen-bond acceptors (Lipinski definition) is 4. The molecule has 4 nitrogen and oxygen atoms in total. The normalized spacial score (nSPS) is 29.2. The molecule has 4 unspecified atom stereocenters. The Morgan fingerprint density at radius 3 is 2.61 bits per heavy atom. The third kappa shape index (κ3) is 4.25.